The minimum Gasteiger partial charge on any atom is -0.325 e. The van der Waals surface area contributed by atoms with E-state index in [0.717, 1.165) is 11.0 Å². The van der Waals surface area contributed by atoms with Crippen molar-refractivity contribution in [3.05, 3.63) is 63.4 Å². The highest BCUT2D eigenvalue weighted by Gasteiger charge is 2.39. The van der Waals surface area contributed by atoms with Gasteiger partial charge in [0.15, 0.2) is 16.7 Å². The predicted octanol–water partition coefficient (Wildman–Crippen LogP) is 4.50. The van der Waals surface area contributed by atoms with E-state index < -0.39 is 35.0 Å². The minimum atomic E-state index is -4.82. The summed E-state index contributed by atoms with van der Waals surface area (Å²) < 4.78 is 55.3. The Kier molecular flexibility index (Phi) is 4.62. The van der Waals surface area contributed by atoms with Crippen molar-refractivity contribution in [2.75, 3.05) is 11.4 Å². The highest BCUT2D eigenvalue weighted by atomic mass is 35.5. The van der Waals surface area contributed by atoms with Crippen LogP contribution in [-0.4, -0.2) is 26.4 Å². The van der Waals surface area contributed by atoms with Crippen LogP contribution < -0.4 is 10.5 Å². The zero-order valence-corrected chi connectivity index (χ0v) is 15.6. The Morgan fingerprint density at radius 3 is 2.48 bits per heavy atom. The first kappa shape index (κ1) is 19.5. The number of aromatic nitrogens is 3. The molecule has 29 heavy (non-hydrogen) atoms. The number of hydrogen-bond acceptors (Lipinski definition) is 4. The first-order valence-corrected chi connectivity index (χ1v) is 8.77. The lowest BCUT2D eigenvalue weighted by atomic mass is 10.1. The summed E-state index contributed by atoms with van der Waals surface area (Å²) in [5, 5.41) is 2.76. The third-order valence-corrected chi connectivity index (χ3v) is 4.73. The Bertz CT molecular complexity index is 1230. The molecule has 0 spiro atoms. The van der Waals surface area contributed by atoms with Crippen molar-refractivity contribution in [1.29, 1.82) is 0 Å². The van der Waals surface area contributed by atoms with E-state index in [1.54, 1.807) is 18.2 Å². The molecule has 150 valence electrons. The molecule has 2 aromatic heterocycles. The molecule has 1 N–H and O–H groups in total. The quantitative estimate of drug-likeness (QED) is 0.466. The van der Waals surface area contributed by atoms with Gasteiger partial charge in [-0.2, -0.15) is 22.8 Å². The van der Waals surface area contributed by atoms with E-state index in [2.05, 4.69) is 15.1 Å². The van der Waals surface area contributed by atoms with Crippen LogP contribution in [-0.2, 0) is 6.18 Å². The fourth-order valence-corrected chi connectivity index (χ4v) is 3.32. The summed E-state index contributed by atoms with van der Waals surface area (Å²) in [4.78, 5) is 19.9. The molecule has 1 aromatic carbocycles. The fourth-order valence-electron chi connectivity index (χ4n) is 2.91. The lowest BCUT2D eigenvalue weighted by Gasteiger charge is -2.24. The van der Waals surface area contributed by atoms with Crippen LogP contribution in [0.1, 0.15) is 5.69 Å². The number of nitrogens with zero attached hydrogens (tertiary/aromatic N) is 4. The second-order valence-electron chi connectivity index (χ2n) is 6.00. The minimum absolute atomic E-state index is 0.0682. The van der Waals surface area contributed by atoms with Crippen LogP contribution >= 0.6 is 23.2 Å². The van der Waals surface area contributed by atoms with Gasteiger partial charge in [0.2, 0.25) is 5.29 Å². The topological polar surface area (TPSA) is 65.8 Å². The molecule has 0 atom stereocenters. The van der Waals surface area contributed by atoms with Gasteiger partial charge in [-0.15, -0.1) is 0 Å². The summed E-state index contributed by atoms with van der Waals surface area (Å²) in [5.41, 5.74) is -2.46. The molecule has 0 fully saturated rings. The summed E-state index contributed by atoms with van der Waals surface area (Å²) >= 11 is 11.6. The standard InChI is InChI=1S/C17H9Cl2F4N5O/c18-14-9(20)7-27(16(19)25-14)10-6-11(29)28-15(24-10)12(8-4-2-1-3-5-8)13(26-28)17(21,22)23/h1-6,24H,7H2. The number of halogens is 6. The molecule has 0 amide bonds. The second-order valence-corrected chi connectivity index (χ2v) is 6.70. The van der Waals surface area contributed by atoms with Gasteiger partial charge in [0.1, 0.15) is 11.5 Å². The number of fused-ring (bicyclic) bond motifs is 1. The second kappa shape index (κ2) is 6.89. The first-order valence-electron chi connectivity index (χ1n) is 8.01. The summed E-state index contributed by atoms with van der Waals surface area (Å²) in [6.45, 7) is -0.450. The Balaban J connectivity index is 1.99. The molecule has 12 heteroatoms. The van der Waals surface area contributed by atoms with Crippen molar-refractivity contribution in [3.8, 4) is 11.1 Å². The van der Waals surface area contributed by atoms with Crippen molar-refractivity contribution in [1.82, 2.24) is 14.6 Å². The highest BCUT2D eigenvalue weighted by molar-refractivity contribution is 6.68. The molecule has 4 rings (SSSR count). The van der Waals surface area contributed by atoms with Gasteiger partial charge < -0.3 is 4.98 Å². The number of alkyl halides is 3. The first-order chi connectivity index (χ1) is 13.7. The monoisotopic (exact) mass is 445 g/mol. The van der Waals surface area contributed by atoms with Gasteiger partial charge in [0.05, 0.1) is 12.1 Å². The highest BCUT2D eigenvalue weighted by Crippen LogP contribution is 2.38. The van der Waals surface area contributed by atoms with E-state index in [1.165, 1.54) is 12.1 Å². The smallest absolute Gasteiger partial charge is 0.325 e. The lowest BCUT2D eigenvalue weighted by Crippen LogP contribution is -2.33. The number of rotatable bonds is 2. The number of aliphatic imine (C=N–C) groups is 1. The molecule has 0 radical (unpaired) electrons. The van der Waals surface area contributed by atoms with Crippen LogP contribution in [0.5, 0.6) is 0 Å². The molecule has 1 aliphatic rings. The Labute approximate surface area is 169 Å². The average Bonchev–Trinajstić information content (AvgIpc) is 3.06. The van der Waals surface area contributed by atoms with E-state index in [-0.39, 0.29) is 27.9 Å². The van der Waals surface area contributed by atoms with Crippen molar-refractivity contribution >= 4 is 40.0 Å². The normalized spacial score (nSPS) is 15.2. The zero-order chi connectivity index (χ0) is 20.9. The molecule has 0 unspecified atom stereocenters. The maximum atomic E-state index is 13.9. The lowest BCUT2D eigenvalue weighted by molar-refractivity contribution is -0.140. The maximum absolute atomic E-state index is 13.9. The molecular formula is C17H9Cl2F4N5O. The van der Waals surface area contributed by atoms with Gasteiger partial charge in [0.25, 0.3) is 5.56 Å². The Hall–Kier alpha value is -2.85. The number of benzene rings is 1. The molecule has 3 aromatic rings. The van der Waals surface area contributed by atoms with Gasteiger partial charge >= 0.3 is 6.18 Å². The van der Waals surface area contributed by atoms with Crippen molar-refractivity contribution in [3.63, 3.8) is 0 Å². The van der Waals surface area contributed by atoms with Crippen molar-refractivity contribution in [2.24, 2.45) is 4.99 Å². The number of nitrogens with one attached hydrogen (secondary N) is 1. The van der Waals surface area contributed by atoms with Gasteiger partial charge in [-0.25, -0.2) is 9.38 Å². The fraction of sp³-hybridized carbons (Fsp3) is 0.118. The molecule has 6 nitrogen and oxygen atoms in total. The zero-order valence-electron chi connectivity index (χ0n) is 14.1. The van der Waals surface area contributed by atoms with Crippen LogP contribution in [0, 0.1) is 0 Å². The van der Waals surface area contributed by atoms with E-state index >= 15 is 0 Å². The molecule has 3 heterocycles. The third kappa shape index (κ3) is 3.38. The van der Waals surface area contributed by atoms with E-state index in [9.17, 15) is 22.4 Å². The van der Waals surface area contributed by atoms with Gasteiger partial charge in [-0.1, -0.05) is 41.9 Å². The van der Waals surface area contributed by atoms with Gasteiger partial charge in [-0.3, -0.25) is 9.69 Å². The average molecular weight is 446 g/mol. The number of amidine groups is 1. The van der Waals surface area contributed by atoms with Crippen LogP contribution in [0.2, 0.25) is 0 Å². The van der Waals surface area contributed by atoms with Gasteiger partial charge in [-0.05, 0) is 17.2 Å². The SMILES string of the molecule is O=c1cc(N2CC(F)=C(Cl)N=C2Cl)[nH]c2c(-c3ccccc3)c(C(F)(F)F)nn12. The van der Waals surface area contributed by atoms with Crippen LogP contribution in [0.4, 0.5) is 23.4 Å². The van der Waals surface area contributed by atoms with Crippen molar-refractivity contribution in [2.45, 2.75) is 6.18 Å². The Morgan fingerprint density at radius 1 is 1.14 bits per heavy atom. The van der Waals surface area contributed by atoms with Crippen LogP contribution in [0.3, 0.4) is 0 Å². The summed E-state index contributed by atoms with van der Waals surface area (Å²) in [6.07, 6.45) is -4.82. The molecule has 1 aliphatic heterocycles. The molecule has 0 saturated carbocycles. The Morgan fingerprint density at radius 2 is 1.83 bits per heavy atom. The molecule has 0 saturated heterocycles. The van der Waals surface area contributed by atoms with Crippen LogP contribution in [0.25, 0.3) is 16.8 Å². The maximum Gasteiger partial charge on any atom is 0.435 e. The molecule has 0 bridgehead atoms. The van der Waals surface area contributed by atoms with Crippen molar-refractivity contribution < 1.29 is 17.6 Å². The predicted molar refractivity (Wildman–Crippen MR) is 101 cm³/mol. The summed E-state index contributed by atoms with van der Waals surface area (Å²) in [7, 11) is 0. The summed E-state index contributed by atoms with van der Waals surface area (Å²) in [5.74, 6) is -0.883. The summed E-state index contributed by atoms with van der Waals surface area (Å²) in [6, 6.07) is 8.59. The largest absolute Gasteiger partial charge is 0.435 e. The van der Waals surface area contributed by atoms with E-state index in [4.69, 9.17) is 23.2 Å². The number of hydrogen-bond donors (Lipinski definition) is 1. The van der Waals surface area contributed by atoms with Gasteiger partial charge in [0, 0.05) is 6.07 Å². The van der Waals surface area contributed by atoms with E-state index in [0.29, 0.717) is 4.52 Å². The number of anilines is 1. The number of H-pyrrole nitrogens is 1. The number of aromatic amines is 1. The van der Waals surface area contributed by atoms with Crippen LogP contribution in [0.15, 0.2) is 57.2 Å². The molecule has 0 aliphatic carbocycles. The van der Waals surface area contributed by atoms with E-state index in [1.807, 2.05) is 0 Å². The molecular weight excluding hydrogens is 437 g/mol. The third-order valence-electron chi connectivity index (χ3n) is 4.16.